The number of rotatable bonds is 5. The minimum Gasteiger partial charge on any atom is -0.353 e. The molecule has 0 spiro atoms. The summed E-state index contributed by atoms with van der Waals surface area (Å²) in [4.78, 5) is 11.9. The summed E-state index contributed by atoms with van der Waals surface area (Å²) in [5.74, 6) is -0.0449. The van der Waals surface area contributed by atoms with Gasteiger partial charge in [0.15, 0.2) is 9.84 Å². The van der Waals surface area contributed by atoms with Crippen molar-refractivity contribution in [2.24, 2.45) is 0 Å². The first-order valence-corrected chi connectivity index (χ1v) is 7.80. The third-order valence-electron chi connectivity index (χ3n) is 2.74. The maximum atomic E-state index is 11.6. The molecule has 0 aliphatic carbocycles. The van der Waals surface area contributed by atoms with E-state index in [0.717, 1.165) is 18.2 Å². The summed E-state index contributed by atoms with van der Waals surface area (Å²) in [6.07, 6.45) is 2.32. The molecule has 100 valence electrons. The summed E-state index contributed by atoms with van der Waals surface area (Å²) in [6.45, 7) is 3.95. The summed E-state index contributed by atoms with van der Waals surface area (Å²) in [6, 6.07) is 6.56. The van der Waals surface area contributed by atoms with Crippen molar-refractivity contribution in [2.75, 3.05) is 6.26 Å². The lowest BCUT2D eigenvalue weighted by molar-refractivity contribution is -0.121. The molecule has 5 heteroatoms. The summed E-state index contributed by atoms with van der Waals surface area (Å²) in [5.41, 5.74) is 0.809. The third-order valence-corrected chi connectivity index (χ3v) is 3.86. The second-order valence-electron chi connectivity index (χ2n) is 4.47. The van der Waals surface area contributed by atoms with Crippen LogP contribution in [0.5, 0.6) is 0 Å². The minimum atomic E-state index is -3.17. The zero-order chi connectivity index (χ0) is 13.8. The van der Waals surface area contributed by atoms with E-state index in [1.165, 1.54) is 12.1 Å². The van der Waals surface area contributed by atoms with Gasteiger partial charge in [0.05, 0.1) is 11.3 Å². The number of carbonyl (C=O) groups excluding carboxylic acids is 1. The lowest BCUT2D eigenvalue weighted by atomic mass is 10.1. The van der Waals surface area contributed by atoms with Gasteiger partial charge in [-0.25, -0.2) is 8.42 Å². The predicted octanol–water partition coefficient (Wildman–Crippen LogP) is 1.55. The number of hydrogen-bond donors (Lipinski definition) is 1. The molecule has 0 aromatic heterocycles. The third kappa shape index (κ3) is 4.49. The highest BCUT2D eigenvalue weighted by molar-refractivity contribution is 7.90. The van der Waals surface area contributed by atoms with E-state index in [2.05, 4.69) is 5.32 Å². The first-order chi connectivity index (χ1) is 8.32. The molecule has 18 heavy (non-hydrogen) atoms. The first-order valence-electron chi connectivity index (χ1n) is 5.91. The number of benzene rings is 1. The molecule has 1 amide bonds. The van der Waals surface area contributed by atoms with Gasteiger partial charge in [0.2, 0.25) is 5.91 Å². The van der Waals surface area contributed by atoms with Gasteiger partial charge in [0, 0.05) is 12.3 Å². The second kappa shape index (κ2) is 6.00. The minimum absolute atomic E-state index is 0.0449. The van der Waals surface area contributed by atoms with E-state index in [9.17, 15) is 13.2 Å². The molecule has 0 aliphatic heterocycles. The smallest absolute Gasteiger partial charge is 0.224 e. The fourth-order valence-electron chi connectivity index (χ4n) is 1.47. The van der Waals surface area contributed by atoms with Crippen LogP contribution in [0, 0.1) is 0 Å². The number of hydrogen-bond acceptors (Lipinski definition) is 3. The number of sulfone groups is 1. The summed E-state index contributed by atoms with van der Waals surface area (Å²) < 4.78 is 22.5. The van der Waals surface area contributed by atoms with Crippen LogP contribution in [0.1, 0.15) is 25.8 Å². The zero-order valence-corrected chi connectivity index (χ0v) is 11.8. The topological polar surface area (TPSA) is 63.2 Å². The monoisotopic (exact) mass is 269 g/mol. The summed E-state index contributed by atoms with van der Waals surface area (Å²) >= 11 is 0. The molecule has 4 nitrogen and oxygen atoms in total. The average Bonchev–Trinajstić information content (AvgIpc) is 2.28. The highest BCUT2D eigenvalue weighted by Gasteiger charge is 2.09. The normalized spacial score (nSPS) is 13.1. The highest BCUT2D eigenvalue weighted by Crippen LogP contribution is 2.10. The van der Waals surface area contributed by atoms with E-state index in [0.29, 0.717) is 0 Å². The maximum Gasteiger partial charge on any atom is 0.224 e. The average molecular weight is 269 g/mol. The lowest BCUT2D eigenvalue weighted by Crippen LogP contribution is -2.33. The molecular weight excluding hydrogens is 250 g/mol. The van der Waals surface area contributed by atoms with Gasteiger partial charge in [-0.1, -0.05) is 19.1 Å². The quantitative estimate of drug-likeness (QED) is 0.882. The molecule has 0 aliphatic rings. The molecule has 0 saturated carbocycles. The van der Waals surface area contributed by atoms with Crippen LogP contribution in [-0.4, -0.2) is 26.6 Å². The van der Waals surface area contributed by atoms with Crippen molar-refractivity contribution >= 4 is 15.7 Å². The van der Waals surface area contributed by atoms with E-state index < -0.39 is 9.84 Å². The molecule has 0 heterocycles. The van der Waals surface area contributed by atoms with Crippen LogP contribution >= 0.6 is 0 Å². The van der Waals surface area contributed by atoms with Gasteiger partial charge in [-0.2, -0.15) is 0 Å². The molecule has 1 unspecified atom stereocenters. The first kappa shape index (κ1) is 14.7. The number of nitrogens with one attached hydrogen (secondary N) is 1. The van der Waals surface area contributed by atoms with Crippen LogP contribution in [-0.2, 0) is 21.1 Å². The van der Waals surface area contributed by atoms with Crippen molar-refractivity contribution in [3.05, 3.63) is 29.8 Å². The molecule has 1 rings (SSSR count). The molecular formula is C13H19NO3S. The van der Waals surface area contributed by atoms with E-state index in [4.69, 9.17) is 0 Å². The van der Waals surface area contributed by atoms with Gasteiger partial charge in [-0.15, -0.1) is 0 Å². The van der Waals surface area contributed by atoms with E-state index in [1.54, 1.807) is 12.1 Å². The van der Waals surface area contributed by atoms with E-state index >= 15 is 0 Å². The van der Waals surface area contributed by atoms with Crippen molar-refractivity contribution in [1.29, 1.82) is 0 Å². The lowest BCUT2D eigenvalue weighted by Gasteiger charge is -2.11. The van der Waals surface area contributed by atoms with Crippen LogP contribution in [0.15, 0.2) is 29.2 Å². The van der Waals surface area contributed by atoms with Crippen molar-refractivity contribution in [1.82, 2.24) is 5.32 Å². The van der Waals surface area contributed by atoms with Crippen LogP contribution in [0.3, 0.4) is 0 Å². The fraction of sp³-hybridized carbons (Fsp3) is 0.462. The molecule has 0 radical (unpaired) electrons. The van der Waals surface area contributed by atoms with Crippen LogP contribution in [0.4, 0.5) is 0 Å². The van der Waals surface area contributed by atoms with Gasteiger partial charge in [0.25, 0.3) is 0 Å². The molecule has 1 atom stereocenters. The highest BCUT2D eigenvalue weighted by atomic mass is 32.2. The molecule has 0 saturated heterocycles. The number of amides is 1. The largest absolute Gasteiger partial charge is 0.353 e. The molecule has 0 fully saturated rings. The van der Waals surface area contributed by atoms with Gasteiger partial charge in [-0.05, 0) is 31.0 Å². The standard InChI is InChI=1S/C13H19NO3S/c1-4-10(2)14-13(15)9-11-5-7-12(8-6-11)18(3,16)17/h5-8,10H,4,9H2,1-3H3,(H,14,15). The maximum absolute atomic E-state index is 11.6. The Hall–Kier alpha value is -1.36. The Morgan fingerprint density at radius 1 is 1.28 bits per heavy atom. The summed E-state index contributed by atoms with van der Waals surface area (Å²) in [7, 11) is -3.17. The van der Waals surface area contributed by atoms with Crippen molar-refractivity contribution in [3.63, 3.8) is 0 Å². The molecule has 0 bridgehead atoms. The Kier molecular flexibility index (Phi) is 4.90. The van der Waals surface area contributed by atoms with E-state index in [1.807, 2.05) is 13.8 Å². The van der Waals surface area contributed by atoms with Gasteiger partial charge in [0.1, 0.15) is 0 Å². The van der Waals surface area contributed by atoms with Crippen molar-refractivity contribution in [3.8, 4) is 0 Å². The summed E-state index contributed by atoms with van der Waals surface area (Å²) in [5, 5.41) is 2.87. The molecule has 1 N–H and O–H groups in total. The SMILES string of the molecule is CCC(C)NC(=O)Cc1ccc(S(C)(=O)=O)cc1. The molecule has 1 aromatic rings. The number of carbonyl (C=O) groups is 1. The Labute approximate surface area is 108 Å². The molecule has 1 aromatic carbocycles. The van der Waals surface area contributed by atoms with Gasteiger partial charge in [-0.3, -0.25) is 4.79 Å². The fourth-order valence-corrected chi connectivity index (χ4v) is 2.10. The van der Waals surface area contributed by atoms with Crippen LogP contribution < -0.4 is 5.32 Å². The van der Waals surface area contributed by atoms with Gasteiger partial charge < -0.3 is 5.32 Å². The van der Waals surface area contributed by atoms with Crippen LogP contribution in [0.25, 0.3) is 0 Å². The van der Waals surface area contributed by atoms with Crippen molar-refractivity contribution < 1.29 is 13.2 Å². The zero-order valence-electron chi connectivity index (χ0n) is 10.9. The van der Waals surface area contributed by atoms with Crippen molar-refractivity contribution in [2.45, 2.75) is 37.6 Å². The Balaban J connectivity index is 2.67. The Morgan fingerprint density at radius 3 is 2.28 bits per heavy atom. The Morgan fingerprint density at radius 2 is 1.83 bits per heavy atom. The van der Waals surface area contributed by atoms with Crippen LogP contribution in [0.2, 0.25) is 0 Å². The van der Waals surface area contributed by atoms with E-state index in [-0.39, 0.29) is 23.3 Å². The van der Waals surface area contributed by atoms with Gasteiger partial charge >= 0.3 is 0 Å². The predicted molar refractivity (Wildman–Crippen MR) is 71.2 cm³/mol. The second-order valence-corrected chi connectivity index (χ2v) is 6.49. The Bertz CT molecular complexity index is 506.